The number of hydrogen-bond donors (Lipinski definition) is 1. The summed E-state index contributed by atoms with van der Waals surface area (Å²) in [5.41, 5.74) is 8.98. The van der Waals surface area contributed by atoms with E-state index in [0.29, 0.717) is 45.2 Å². The van der Waals surface area contributed by atoms with Gasteiger partial charge in [0.15, 0.2) is 0 Å². The molecule has 1 aromatic carbocycles. The Morgan fingerprint density at radius 2 is 2.14 bits per heavy atom. The molecule has 1 aliphatic heterocycles. The van der Waals surface area contributed by atoms with Gasteiger partial charge in [0.1, 0.15) is 0 Å². The molecule has 1 amide bonds. The molecule has 2 heterocycles. The van der Waals surface area contributed by atoms with Crippen molar-refractivity contribution in [1.82, 2.24) is 14.5 Å². The molecule has 0 aliphatic carbocycles. The lowest BCUT2D eigenvalue weighted by molar-refractivity contribution is -0.135. The smallest absolute Gasteiger partial charge is 0.224 e. The number of rotatable bonds is 3. The number of carbonyl (C=O) groups is 1. The second kappa shape index (κ2) is 5.73. The maximum Gasteiger partial charge on any atom is 0.224 e. The third kappa shape index (κ3) is 2.85. The largest absolute Gasteiger partial charge is 0.378 e. The van der Waals surface area contributed by atoms with E-state index >= 15 is 0 Å². The molecule has 6 heteroatoms. The molecule has 1 aliphatic rings. The summed E-state index contributed by atoms with van der Waals surface area (Å²) >= 11 is 0. The van der Waals surface area contributed by atoms with E-state index in [2.05, 4.69) is 4.98 Å². The van der Waals surface area contributed by atoms with Crippen LogP contribution in [0.5, 0.6) is 0 Å². The number of nitrogen functional groups attached to an aromatic ring is 1. The number of amides is 1. The summed E-state index contributed by atoms with van der Waals surface area (Å²) < 4.78 is 7.17. The highest BCUT2D eigenvalue weighted by atomic mass is 16.5. The number of anilines is 1. The lowest BCUT2D eigenvalue weighted by atomic mass is 10.2. The topological polar surface area (TPSA) is 73.4 Å². The van der Waals surface area contributed by atoms with E-state index in [1.54, 1.807) is 0 Å². The highest BCUT2D eigenvalue weighted by Gasteiger charge is 2.17. The Morgan fingerprint density at radius 3 is 2.90 bits per heavy atom. The predicted molar refractivity (Wildman–Crippen MR) is 80.9 cm³/mol. The number of nitrogens with two attached hydrogens (primary N) is 1. The number of ether oxygens (including phenoxy) is 1. The third-order valence-electron chi connectivity index (χ3n) is 3.85. The van der Waals surface area contributed by atoms with Crippen molar-refractivity contribution in [3.63, 3.8) is 0 Å². The standard InChI is InChI=1S/C15H20N4O2/c1-11-2-3-13-12(10-11)17-15(16)19(13)5-4-14(20)18-6-8-21-9-7-18/h2-3,10H,4-9H2,1H3,(H2,16,17). The Hall–Kier alpha value is -2.08. The maximum absolute atomic E-state index is 12.2. The van der Waals surface area contributed by atoms with Gasteiger partial charge in [0.25, 0.3) is 0 Å². The molecule has 0 spiro atoms. The van der Waals surface area contributed by atoms with Gasteiger partial charge in [0.2, 0.25) is 11.9 Å². The summed E-state index contributed by atoms with van der Waals surface area (Å²) in [6.45, 7) is 5.19. The molecule has 2 N–H and O–H groups in total. The van der Waals surface area contributed by atoms with Gasteiger partial charge in [-0.2, -0.15) is 0 Å². The lowest BCUT2D eigenvalue weighted by Gasteiger charge is -2.27. The van der Waals surface area contributed by atoms with Gasteiger partial charge in [0, 0.05) is 26.1 Å². The van der Waals surface area contributed by atoms with Crippen molar-refractivity contribution in [1.29, 1.82) is 0 Å². The first-order valence-electron chi connectivity index (χ1n) is 7.23. The summed E-state index contributed by atoms with van der Waals surface area (Å²) in [6, 6.07) is 6.04. The monoisotopic (exact) mass is 288 g/mol. The normalized spacial score (nSPS) is 15.6. The quantitative estimate of drug-likeness (QED) is 0.920. The summed E-state index contributed by atoms with van der Waals surface area (Å²) in [6.07, 6.45) is 0.434. The van der Waals surface area contributed by atoms with Crippen molar-refractivity contribution in [3.8, 4) is 0 Å². The van der Waals surface area contributed by atoms with Crippen LogP contribution < -0.4 is 5.73 Å². The number of fused-ring (bicyclic) bond motifs is 1. The summed E-state index contributed by atoms with van der Waals surface area (Å²) in [4.78, 5) is 18.4. The van der Waals surface area contributed by atoms with Crippen molar-refractivity contribution in [2.45, 2.75) is 19.9 Å². The Morgan fingerprint density at radius 1 is 1.38 bits per heavy atom. The fourth-order valence-corrected chi connectivity index (χ4v) is 2.67. The molecule has 0 atom stereocenters. The van der Waals surface area contributed by atoms with Gasteiger partial charge in [-0.3, -0.25) is 4.79 Å². The SMILES string of the molecule is Cc1ccc2c(c1)nc(N)n2CCC(=O)N1CCOCC1. The van der Waals surface area contributed by atoms with Gasteiger partial charge in [-0.15, -0.1) is 0 Å². The van der Waals surface area contributed by atoms with E-state index in [9.17, 15) is 4.79 Å². The van der Waals surface area contributed by atoms with Gasteiger partial charge in [-0.1, -0.05) is 6.07 Å². The van der Waals surface area contributed by atoms with Crippen LogP contribution in [0.3, 0.4) is 0 Å². The molecule has 0 unspecified atom stereocenters. The molecule has 1 aromatic heterocycles. The lowest BCUT2D eigenvalue weighted by Crippen LogP contribution is -2.41. The zero-order chi connectivity index (χ0) is 14.8. The first kappa shape index (κ1) is 13.9. The summed E-state index contributed by atoms with van der Waals surface area (Å²) in [5.74, 6) is 0.608. The van der Waals surface area contributed by atoms with E-state index in [4.69, 9.17) is 10.5 Å². The van der Waals surface area contributed by atoms with Crippen LogP contribution in [0.15, 0.2) is 18.2 Å². The van der Waals surface area contributed by atoms with Crippen LogP contribution in [0.2, 0.25) is 0 Å². The number of nitrogens with zero attached hydrogens (tertiary/aromatic N) is 3. The molecule has 0 bridgehead atoms. The van der Waals surface area contributed by atoms with Crippen LogP contribution in [0, 0.1) is 6.92 Å². The highest BCUT2D eigenvalue weighted by Crippen LogP contribution is 2.19. The van der Waals surface area contributed by atoms with E-state index in [-0.39, 0.29) is 5.91 Å². The number of benzene rings is 1. The number of morpholine rings is 1. The number of imidazole rings is 1. The molecule has 1 fully saturated rings. The van der Waals surface area contributed by atoms with Gasteiger partial charge >= 0.3 is 0 Å². The molecule has 0 radical (unpaired) electrons. The molecule has 6 nitrogen and oxygen atoms in total. The fourth-order valence-electron chi connectivity index (χ4n) is 2.67. The zero-order valence-corrected chi connectivity index (χ0v) is 12.2. The van der Waals surface area contributed by atoms with Crippen molar-refractivity contribution >= 4 is 22.9 Å². The van der Waals surface area contributed by atoms with Gasteiger partial charge in [0.05, 0.1) is 24.2 Å². The van der Waals surface area contributed by atoms with Crippen LogP contribution >= 0.6 is 0 Å². The third-order valence-corrected chi connectivity index (χ3v) is 3.85. The van der Waals surface area contributed by atoms with Crippen molar-refractivity contribution in [3.05, 3.63) is 23.8 Å². The first-order valence-corrected chi connectivity index (χ1v) is 7.23. The summed E-state index contributed by atoms with van der Waals surface area (Å²) in [5, 5.41) is 0. The Kier molecular flexibility index (Phi) is 3.79. The first-order chi connectivity index (χ1) is 10.1. The average Bonchev–Trinajstić information content (AvgIpc) is 2.80. The Balaban J connectivity index is 1.72. The number of hydrogen-bond acceptors (Lipinski definition) is 4. The number of aryl methyl sites for hydroxylation is 2. The molecular formula is C15H20N4O2. The van der Waals surface area contributed by atoms with Crippen molar-refractivity contribution in [2.24, 2.45) is 0 Å². The van der Waals surface area contributed by atoms with Crippen molar-refractivity contribution in [2.75, 3.05) is 32.0 Å². The Labute approximate surface area is 123 Å². The average molecular weight is 288 g/mol. The highest BCUT2D eigenvalue weighted by molar-refractivity contribution is 5.80. The molecule has 2 aromatic rings. The van der Waals surface area contributed by atoms with Crippen LogP contribution in [0.25, 0.3) is 11.0 Å². The second-order valence-electron chi connectivity index (χ2n) is 5.36. The van der Waals surface area contributed by atoms with Crippen LogP contribution in [0.1, 0.15) is 12.0 Å². The van der Waals surface area contributed by atoms with Gasteiger partial charge in [-0.05, 0) is 24.6 Å². The maximum atomic E-state index is 12.2. The van der Waals surface area contributed by atoms with E-state index in [1.807, 2.05) is 34.6 Å². The molecule has 3 rings (SSSR count). The van der Waals surface area contributed by atoms with Crippen LogP contribution in [-0.2, 0) is 16.1 Å². The minimum absolute atomic E-state index is 0.145. The molecular weight excluding hydrogens is 268 g/mol. The Bertz CT molecular complexity index is 659. The zero-order valence-electron chi connectivity index (χ0n) is 12.2. The van der Waals surface area contributed by atoms with Crippen LogP contribution in [-0.4, -0.2) is 46.7 Å². The van der Waals surface area contributed by atoms with Crippen LogP contribution in [0.4, 0.5) is 5.95 Å². The minimum atomic E-state index is 0.145. The minimum Gasteiger partial charge on any atom is -0.378 e. The molecule has 0 saturated carbocycles. The van der Waals surface area contributed by atoms with Gasteiger partial charge in [-0.25, -0.2) is 4.98 Å². The van der Waals surface area contributed by atoms with E-state index < -0.39 is 0 Å². The summed E-state index contributed by atoms with van der Waals surface area (Å²) in [7, 11) is 0. The van der Waals surface area contributed by atoms with E-state index in [0.717, 1.165) is 16.6 Å². The number of carbonyl (C=O) groups excluding carboxylic acids is 1. The van der Waals surface area contributed by atoms with Crippen molar-refractivity contribution < 1.29 is 9.53 Å². The molecule has 21 heavy (non-hydrogen) atoms. The molecule has 112 valence electrons. The fraction of sp³-hybridized carbons (Fsp3) is 0.467. The number of aromatic nitrogens is 2. The van der Waals surface area contributed by atoms with E-state index in [1.165, 1.54) is 0 Å². The molecule has 1 saturated heterocycles. The second-order valence-corrected chi connectivity index (χ2v) is 5.36. The predicted octanol–water partition coefficient (Wildman–Crippen LogP) is 1.18. The van der Waals surface area contributed by atoms with Gasteiger partial charge < -0.3 is 19.9 Å².